The van der Waals surface area contributed by atoms with Gasteiger partial charge in [0, 0.05) is 10.9 Å². The van der Waals surface area contributed by atoms with Crippen LogP contribution in [0.5, 0.6) is 0 Å². The molecule has 6 nitrogen and oxygen atoms in total. The summed E-state index contributed by atoms with van der Waals surface area (Å²) in [7, 11) is 0. The van der Waals surface area contributed by atoms with E-state index in [0.717, 1.165) is 0 Å². The maximum atomic E-state index is 14.3. The Morgan fingerprint density at radius 2 is 1.90 bits per heavy atom. The van der Waals surface area contributed by atoms with Crippen LogP contribution in [-0.4, -0.2) is 15.0 Å². The summed E-state index contributed by atoms with van der Waals surface area (Å²) in [5.74, 6) is -0.511. The number of pyridine rings is 1. The summed E-state index contributed by atoms with van der Waals surface area (Å²) in [5.41, 5.74) is 7.96. The fourth-order valence-corrected chi connectivity index (χ4v) is 3.05. The third-order valence-corrected chi connectivity index (χ3v) is 4.43. The zero-order valence-electron chi connectivity index (χ0n) is 15.0. The van der Waals surface area contributed by atoms with E-state index >= 15 is 0 Å². The van der Waals surface area contributed by atoms with Crippen LogP contribution in [-0.2, 0) is 6.54 Å². The molecule has 0 aliphatic carbocycles. The minimum absolute atomic E-state index is 0.0592. The fraction of sp³-hybridized carbons (Fsp3) is 0.0476. The monoisotopic (exact) mass is 388 g/mol. The SMILES string of the molecule is N#Cc1c(N)ncnc1NCc1nc2cccc(F)c2cc1-c1cccc(F)c1. The van der Waals surface area contributed by atoms with Gasteiger partial charge in [-0.15, -0.1) is 0 Å². The number of nitrogens with one attached hydrogen (secondary N) is 1. The fourth-order valence-electron chi connectivity index (χ4n) is 3.05. The number of halogens is 2. The van der Waals surface area contributed by atoms with Crippen molar-refractivity contribution in [1.82, 2.24) is 15.0 Å². The Morgan fingerprint density at radius 3 is 2.69 bits per heavy atom. The highest BCUT2D eigenvalue weighted by molar-refractivity contribution is 5.85. The van der Waals surface area contributed by atoms with Crippen molar-refractivity contribution in [3.8, 4) is 17.2 Å². The summed E-state index contributed by atoms with van der Waals surface area (Å²) < 4.78 is 28.1. The lowest BCUT2D eigenvalue weighted by Gasteiger charge is -2.13. The van der Waals surface area contributed by atoms with E-state index < -0.39 is 11.6 Å². The van der Waals surface area contributed by atoms with Gasteiger partial charge in [0.1, 0.15) is 41.2 Å². The van der Waals surface area contributed by atoms with E-state index in [1.165, 1.54) is 24.5 Å². The molecular formula is C21H14F2N6. The molecule has 4 rings (SSSR count). The van der Waals surface area contributed by atoms with Crippen molar-refractivity contribution in [2.45, 2.75) is 6.54 Å². The van der Waals surface area contributed by atoms with Crippen LogP contribution in [0.2, 0.25) is 0 Å². The van der Waals surface area contributed by atoms with Gasteiger partial charge in [-0.05, 0) is 35.9 Å². The molecule has 0 aliphatic heterocycles. The van der Waals surface area contributed by atoms with Gasteiger partial charge in [-0.25, -0.2) is 18.7 Å². The molecule has 0 bridgehead atoms. The summed E-state index contributed by atoms with van der Waals surface area (Å²) in [4.78, 5) is 12.4. The molecule has 4 aromatic rings. The van der Waals surface area contributed by atoms with Gasteiger partial charge < -0.3 is 11.1 Å². The molecule has 0 saturated carbocycles. The first kappa shape index (κ1) is 18.3. The third-order valence-electron chi connectivity index (χ3n) is 4.43. The number of nitriles is 1. The van der Waals surface area contributed by atoms with Gasteiger partial charge in [0.25, 0.3) is 0 Å². The summed E-state index contributed by atoms with van der Waals surface area (Å²) in [5, 5.41) is 12.6. The smallest absolute Gasteiger partial charge is 0.149 e. The number of nitrogens with two attached hydrogens (primary N) is 1. The zero-order valence-corrected chi connectivity index (χ0v) is 15.0. The van der Waals surface area contributed by atoms with Gasteiger partial charge >= 0.3 is 0 Å². The molecule has 0 aliphatic rings. The van der Waals surface area contributed by atoms with Crippen LogP contribution in [0.1, 0.15) is 11.3 Å². The van der Waals surface area contributed by atoms with E-state index in [0.29, 0.717) is 27.7 Å². The second-order valence-electron chi connectivity index (χ2n) is 6.25. The number of rotatable bonds is 4. The van der Waals surface area contributed by atoms with Crippen LogP contribution in [0.3, 0.4) is 0 Å². The quantitative estimate of drug-likeness (QED) is 0.547. The maximum absolute atomic E-state index is 14.3. The van der Waals surface area contributed by atoms with Gasteiger partial charge in [-0.3, -0.25) is 4.98 Å². The second kappa shape index (κ2) is 7.48. The minimum Gasteiger partial charge on any atom is -0.382 e. The van der Waals surface area contributed by atoms with Gasteiger partial charge in [-0.1, -0.05) is 18.2 Å². The van der Waals surface area contributed by atoms with Crippen LogP contribution in [0.15, 0.2) is 54.9 Å². The normalized spacial score (nSPS) is 10.7. The average molecular weight is 388 g/mol. The Hall–Kier alpha value is -4.12. The number of nitrogens with zero attached hydrogens (tertiary/aromatic N) is 4. The van der Waals surface area contributed by atoms with Crippen molar-refractivity contribution in [2.75, 3.05) is 11.1 Å². The van der Waals surface area contributed by atoms with Crippen molar-refractivity contribution in [1.29, 1.82) is 5.26 Å². The van der Waals surface area contributed by atoms with E-state index in [2.05, 4.69) is 20.3 Å². The van der Waals surface area contributed by atoms with E-state index in [-0.39, 0.29) is 23.7 Å². The predicted molar refractivity (Wildman–Crippen MR) is 106 cm³/mol. The molecule has 2 heterocycles. The lowest BCUT2D eigenvalue weighted by atomic mass is 10.0. The molecule has 8 heteroatoms. The Balaban J connectivity index is 1.82. The summed E-state index contributed by atoms with van der Waals surface area (Å²) in [6.07, 6.45) is 1.25. The van der Waals surface area contributed by atoms with Crippen LogP contribution in [0.4, 0.5) is 20.4 Å². The number of anilines is 2. The molecule has 2 aromatic carbocycles. The molecule has 0 atom stereocenters. The van der Waals surface area contributed by atoms with Crippen LogP contribution >= 0.6 is 0 Å². The first-order chi connectivity index (χ1) is 14.1. The molecule has 3 N–H and O–H groups in total. The molecule has 0 fully saturated rings. The number of aromatic nitrogens is 3. The molecule has 29 heavy (non-hydrogen) atoms. The van der Waals surface area contributed by atoms with Gasteiger partial charge in [0.2, 0.25) is 0 Å². The number of hydrogen-bond donors (Lipinski definition) is 2. The summed E-state index contributed by atoms with van der Waals surface area (Å²) in [6.45, 7) is 0.156. The standard InChI is InChI=1S/C21H14F2N6/c22-13-4-1-3-12(7-13)14-8-15-17(23)5-2-6-18(15)29-19(14)10-26-21-16(9-24)20(25)27-11-28-21/h1-8,11H,10H2,(H3,25,26,27,28). The Labute approximate surface area is 164 Å². The Kier molecular flexibility index (Phi) is 4.71. The molecule has 0 unspecified atom stereocenters. The van der Waals surface area contributed by atoms with Crippen molar-refractivity contribution in [2.24, 2.45) is 0 Å². The van der Waals surface area contributed by atoms with Gasteiger partial charge in [0.15, 0.2) is 0 Å². The highest BCUT2D eigenvalue weighted by Gasteiger charge is 2.14. The first-order valence-electron chi connectivity index (χ1n) is 8.65. The number of hydrogen-bond acceptors (Lipinski definition) is 6. The Morgan fingerprint density at radius 1 is 1.07 bits per heavy atom. The molecule has 0 saturated heterocycles. The van der Waals surface area contributed by atoms with Crippen molar-refractivity contribution in [3.63, 3.8) is 0 Å². The van der Waals surface area contributed by atoms with Gasteiger partial charge in [0.05, 0.1) is 17.8 Å². The third kappa shape index (κ3) is 3.53. The predicted octanol–water partition coefficient (Wildman–Crippen LogP) is 4.04. The topological polar surface area (TPSA) is 101 Å². The molecular weight excluding hydrogens is 374 g/mol. The molecule has 2 aromatic heterocycles. The van der Waals surface area contributed by atoms with Crippen LogP contribution < -0.4 is 11.1 Å². The highest BCUT2D eigenvalue weighted by atomic mass is 19.1. The number of fused-ring (bicyclic) bond motifs is 1. The first-order valence-corrected chi connectivity index (χ1v) is 8.65. The van der Waals surface area contributed by atoms with E-state index in [9.17, 15) is 14.0 Å². The summed E-state index contributed by atoms with van der Waals surface area (Å²) >= 11 is 0. The molecule has 0 radical (unpaired) electrons. The number of nitrogen functional groups attached to an aromatic ring is 1. The zero-order chi connectivity index (χ0) is 20.4. The van der Waals surface area contributed by atoms with Crippen molar-refractivity contribution in [3.05, 3.63) is 77.8 Å². The van der Waals surface area contributed by atoms with E-state index in [1.54, 1.807) is 30.3 Å². The summed E-state index contributed by atoms with van der Waals surface area (Å²) in [6, 6.07) is 14.2. The minimum atomic E-state index is -0.414. The maximum Gasteiger partial charge on any atom is 0.149 e. The lowest BCUT2D eigenvalue weighted by Crippen LogP contribution is -2.09. The molecule has 0 amide bonds. The van der Waals surface area contributed by atoms with Crippen molar-refractivity contribution >= 4 is 22.5 Å². The molecule has 0 spiro atoms. The molecule has 142 valence electrons. The number of benzene rings is 2. The highest BCUT2D eigenvalue weighted by Crippen LogP contribution is 2.29. The largest absolute Gasteiger partial charge is 0.382 e. The van der Waals surface area contributed by atoms with Crippen LogP contribution in [0.25, 0.3) is 22.0 Å². The van der Waals surface area contributed by atoms with E-state index in [1.807, 2.05) is 6.07 Å². The van der Waals surface area contributed by atoms with Gasteiger partial charge in [-0.2, -0.15) is 5.26 Å². The van der Waals surface area contributed by atoms with Crippen LogP contribution in [0, 0.1) is 23.0 Å². The second-order valence-corrected chi connectivity index (χ2v) is 6.25. The Bertz CT molecular complexity index is 1270. The average Bonchev–Trinajstić information content (AvgIpc) is 2.72. The lowest BCUT2D eigenvalue weighted by molar-refractivity contribution is 0.628. The van der Waals surface area contributed by atoms with Crippen molar-refractivity contribution < 1.29 is 8.78 Å². The van der Waals surface area contributed by atoms with E-state index in [4.69, 9.17) is 5.73 Å².